The minimum atomic E-state index is -0.0363. The molecule has 11 rings (SSSR count). The van der Waals surface area contributed by atoms with Crippen molar-refractivity contribution in [2.45, 2.75) is 52.4 Å². The molecular formula is C62H50N4OPt+2. The summed E-state index contributed by atoms with van der Waals surface area (Å²) >= 11 is 0. The van der Waals surface area contributed by atoms with Gasteiger partial charge in [-0.15, -0.1) is 23.6 Å². The Bertz CT molecular complexity index is 3550. The molecule has 0 unspecified atom stereocenters. The van der Waals surface area contributed by atoms with Gasteiger partial charge < -0.3 is 9.30 Å². The van der Waals surface area contributed by atoms with Gasteiger partial charge in [-0.25, -0.2) is 4.98 Å². The van der Waals surface area contributed by atoms with Crippen molar-refractivity contribution in [3.8, 4) is 50.7 Å². The van der Waals surface area contributed by atoms with E-state index in [0.717, 1.165) is 83.8 Å². The molecule has 1 aliphatic heterocycles. The van der Waals surface area contributed by atoms with E-state index in [1.165, 1.54) is 11.1 Å². The second-order valence-electron chi connectivity index (χ2n) is 19.3. The molecule has 0 aliphatic carbocycles. The van der Waals surface area contributed by atoms with Gasteiger partial charge in [0.05, 0.1) is 16.7 Å². The molecule has 0 saturated heterocycles. The Morgan fingerprint density at radius 3 is 1.79 bits per heavy atom. The van der Waals surface area contributed by atoms with Crippen molar-refractivity contribution in [2.24, 2.45) is 0 Å². The SMILES string of the molecule is CC(C)(C)c1cccc(-c2cccc3c2[N+](c2c(-c4ccccc4)cccc2-c2ccccc2)=C=[N+]3c2[c-]c(Oc3[c-]c4c(cc3)c3ccccc3n4-c3cc(C(C)(C)C)ccn3)ccc2)c1.[Pt+2]. The summed E-state index contributed by atoms with van der Waals surface area (Å²) in [6, 6.07) is 77.5. The third kappa shape index (κ3) is 8.13. The van der Waals surface area contributed by atoms with Crippen molar-refractivity contribution in [1.82, 2.24) is 18.7 Å². The van der Waals surface area contributed by atoms with E-state index in [4.69, 9.17) is 9.72 Å². The number of aromatic nitrogens is 2. The summed E-state index contributed by atoms with van der Waals surface area (Å²) in [6.45, 7) is 13.5. The minimum Gasteiger partial charge on any atom is -0.509 e. The molecule has 0 N–H and O–H groups in total. The van der Waals surface area contributed by atoms with Crippen LogP contribution < -0.4 is 13.9 Å². The van der Waals surface area contributed by atoms with E-state index in [0.29, 0.717) is 11.5 Å². The van der Waals surface area contributed by atoms with E-state index in [1.54, 1.807) is 0 Å². The summed E-state index contributed by atoms with van der Waals surface area (Å²) in [5.74, 6) is 1.99. The van der Waals surface area contributed by atoms with E-state index in [1.807, 2.05) is 24.4 Å². The van der Waals surface area contributed by atoms with Gasteiger partial charge in [0, 0.05) is 29.3 Å². The van der Waals surface area contributed by atoms with Crippen molar-refractivity contribution in [1.29, 1.82) is 0 Å². The van der Waals surface area contributed by atoms with Crippen LogP contribution in [-0.4, -0.2) is 15.6 Å². The number of fused-ring (bicyclic) bond motifs is 4. The average Bonchev–Trinajstić information content (AvgIpc) is 3.90. The first-order chi connectivity index (χ1) is 32.5. The molecule has 0 radical (unpaired) electrons. The van der Waals surface area contributed by atoms with Crippen LogP contribution in [0.15, 0.2) is 194 Å². The van der Waals surface area contributed by atoms with Crippen molar-refractivity contribution in [2.75, 3.05) is 0 Å². The largest absolute Gasteiger partial charge is 2.00 e. The molecule has 0 amide bonds. The van der Waals surface area contributed by atoms with Crippen molar-refractivity contribution < 1.29 is 25.8 Å². The standard InChI is InChI=1S/C62H50N4O.Pt/c1-61(2,3)45-24-15-23-44(37-45)52-30-18-32-56-60(52)65(59-50(42-19-9-7-10-20-42)28-17-29-51(59)43-21-11-8-12-22-43)41-64(56)47-25-16-26-48(39-47)67-49-33-34-54-53-27-13-14-31-55(53)66(57(54)40-49)58-38-46(35-36-63-58)62(4,5)6;/h7-38H,1-6H3;/q;+2. The molecule has 2 aromatic heterocycles. The zero-order chi connectivity index (χ0) is 45.9. The molecular weight excluding hydrogens is 1010 g/mol. The molecule has 10 aromatic rings. The molecule has 8 aromatic carbocycles. The van der Waals surface area contributed by atoms with Crippen LogP contribution in [0.2, 0.25) is 0 Å². The van der Waals surface area contributed by atoms with Gasteiger partial charge in [0.25, 0.3) is 5.69 Å². The maximum Gasteiger partial charge on any atom is 2.00 e. The van der Waals surface area contributed by atoms with Crippen LogP contribution in [-0.2, 0) is 31.9 Å². The first-order valence-corrected chi connectivity index (χ1v) is 23.0. The number of para-hydroxylation sites is 3. The molecule has 68 heavy (non-hydrogen) atoms. The van der Waals surface area contributed by atoms with Crippen molar-refractivity contribution in [3.05, 3.63) is 218 Å². The third-order valence-corrected chi connectivity index (χ3v) is 12.8. The summed E-state index contributed by atoms with van der Waals surface area (Å²) < 4.78 is 13.3. The van der Waals surface area contributed by atoms with E-state index < -0.39 is 0 Å². The Hall–Kier alpha value is -7.42. The number of rotatable bonds is 8. The summed E-state index contributed by atoms with van der Waals surface area (Å²) in [4.78, 5) is 4.88. The first kappa shape index (κ1) is 44.4. The van der Waals surface area contributed by atoms with E-state index in [2.05, 4.69) is 243 Å². The molecule has 5 nitrogen and oxygen atoms in total. The van der Waals surface area contributed by atoms with Crippen molar-refractivity contribution >= 4 is 50.6 Å². The predicted octanol–water partition coefficient (Wildman–Crippen LogP) is 16.0. The van der Waals surface area contributed by atoms with Crippen molar-refractivity contribution in [3.63, 3.8) is 0 Å². The minimum absolute atomic E-state index is 0. The number of benzene rings is 8. The molecule has 6 heteroatoms. The number of ether oxygens (including phenoxy) is 1. The number of hydrogen-bond donors (Lipinski definition) is 0. The smallest absolute Gasteiger partial charge is 0.509 e. The monoisotopic (exact) mass is 1060 g/mol. The summed E-state index contributed by atoms with van der Waals surface area (Å²) in [7, 11) is 0. The van der Waals surface area contributed by atoms with Crippen LogP contribution >= 0.6 is 0 Å². The average molecular weight is 1060 g/mol. The van der Waals surface area contributed by atoms with Gasteiger partial charge in [-0.2, -0.15) is 12.1 Å². The first-order valence-electron chi connectivity index (χ1n) is 23.0. The third-order valence-electron chi connectivity index (χ3n) is 12.8. The zero-order valence-corrected chi connectivity index (χ0v) is 41.3. The number of hydrogen-bond acceptors (Lipinski definition) is 2. The molecule has 0 saturated carbocycles. The fraction of sp³-hybridized carbons (Fsp3) is 0.129. The molecule has 332 valence electrons. The van der Waals surface area contributed by atoms with Crippen LogP contribution in [0.3, 0.4) is 0 Å². The summed E-state index contributed by atoms with van der Waals surface area (Å²) in [5.41, 5.74) is 14.9. The Morgan fingerprint density at radius 1 is 0.500 bits per heavy atom. The molecule has 0 fully saturated rings. The van der Waals surface area contributed by atoms with Gasteiger partial charge >= 0.3 is 32.8 Å². The topological polar surface area (TPSA) is 33.1 Å². The predicted molar refractivity (Wildman–Crippen MR) is 277 cm³/mol. The van der Waals surface area contributed by atoms with Gasteiger partial charge in [0.1, 0.15) is 11.5 Å². The quantitative estimate of drug-likeness (QED) is 0.112. The molecule has 0 spiro atoms. The van der Waals surface area contributed by atoms with E-state index in [-0.39, 0.29) is 31.9 Å². The fourth-order valence-electron chi connectivity index (χ4n) is 9.29. The normalized spacial score (nSPS) is 12.4. The van der Waals surface area contributed by atoms with Crippen LogP contribution in [0.4, 0.5) is 22.7 Å². The van der Waals surface area contributed by atoms with Gasteiger partial charge in [0.15, 0.2) is 0 Å². The number of nitrogens with zero attached hydrogens (tertiary/aromatic N) is 4. The maximum atomic E-state index is 6.73. The fourth-order valence-corrected chi connectivity index (χ4v) is 9.29. The Labute approximate surface area is 413 Å². The maximum absolute atomic E-state index is 6.73. The van der Waals surface area contributed by atoms with Gasteiger partial charge in [-0.1, -0.05) is 179 Å². The van der Waals surface area contributed by atoms with Gasteiger partial charge in [-0.05, 0) is 85.0 Å². The van der Waals surface area contributed by atoms with Crippen LogP contribution in [0.1, 0.15) is 52.7 Å². The Kier molecular flexibility index (Phi) is 11.5. The van der Waals surface area contributed by atoms with Gasteiger partial charge in [-0.3, -0.25) is 0 Å². The molecule has 3 heterocycles. The van der Waals surface area contributed by atoms with Gasteiger partial charge in [0.2, 0.25) is 5.69 Å². The van der Waals surface area contributed by atoms with Crippen LogP contribution in [0, 0.1) is 12.1 Å². The summed E-state index contributed by atoms with van der Waals surface area (Å²) in [6.07, 6.45) is 1.90. The number of pyridine rings is 1. The Balaban J connectivity index is 0.00000539. The van der Waals surface area contributed by atoms with Crippen LogP contribution in [0.5, 0.6) is 11.5 Å². The van der Waals surface area contributed by atoms with Crippen LogP contribution in [0.25, 0.3) is 61.0 Å². The molecule has 0 bridgehead atoms. The summed E-state index contributed by atoms with van der Waals surface area (Å²) in [5, 5.41) is 2.21. The Morgan fingerprint density at radius 2 is 1.09 bits per heavy atom. The van der Waals surface area contributed by atoms with E-state index in [9.17, 15) is 0 Å². The second-order valence-corrected chi connectivity index (χ2v) is 19.3. The van der Waals surface area contributed by atoms with E-state index >= 15 is 0 Å². The molecule has 1 aliphatic rings. The molecule has 0 atom stereocenters. The zero-order valence-electron chi connectivity index (χ0n) is 39.0. The second kappa shape index (κ2) is 17.7.